The topological polar surface area (TPSA) is 94.8 Å². The normalized spacial score (nSPS) is 16.5. The van der Waals surface area contributed by atoms with Gasteiger partial charge in [-0.25, -0.2) is 9.97 Å². The monoisotopic (exact) mass is 465 g/mol. The Labute approximate surface area is 203 Å². The lowest BCUT2D eigenvalue weighted by atomic mass is 10.1. The quantitative estimate of drug-likeness (QED) is 0.327. The molecule has 3 N–H and O–H groups in total. The van der Waals surface area contributed by atoms with Crippen molar-refractivity contribution in [1.29, 1.82) is 0 Å². The molecule has 1 fully saturated rings. The molecular weight excluding hydrogens is 438 g/mol. The van der Waals surface area contributed by atoms with Gasteiger partial charge in [-0.2, -0.15) is 5.10 Å². The van der Waals surface area contributed by atoms with E-state index in [4.69, 9.17) is 9.72 Å². The molecule has 0 saturated carbocycles. The first kappa shape index (κ1) is 21.5. The van der Waals surface area contributed by atoms with E-state index < -0.39 is 0 Å². The third kappa shape index (κ3) is 4.66. The van der Waals surface area contributed by atoms with E-state index in [9.17, 15) is 0 Å². The van der Waals surface area contributed by atoms with Crippen molar-refractivity contribution in [2.24, 2.45) is 0 Å². The Morgan fingerprint density at radius 1 is 1.06 bits per heavy atom. The lowest BCUT2D eigenvalue weighted by Gasteiger charge is -2.32. The molecule has 1 unspecified atom stereocenters. The van der Waals surface area contributed by atoms with Gasteiger partial charge in [0.15, 0.2) is 5.82 Å². The van der Waals surface area contributed by atoms with Crippen LogP contribution in [0.1, 0.15) is 12.6 Å². The van der Waals surface area contributed by atoms with Gasteiger partial charge in [-0.1, -0.05) is 24.3 Å². The Balaban J connectivity index is 1.19. The summed E-state index contributed by atoms with van der Waals surface area (Å²) < 4.78 is 5.57. The fraction of sp³-hybridized carbons (Fsp3) is 0.222. The number of hydrogen-bond donors (Lipinski definition) is 3. The number of nitrogens with zero attached hydrogens (tertiary/aromatic N) is 4. The number of fused-ring (bicyclic) bond motifs is 1. The van der Waals surface area contributed by atoms with Crippen LogP contribution >= 0.6 is 0 Å². The molecule has 0 spiro atoms. The number of ether oxygens (including phenoxy) is 1. The molecule has 176 valence electrons. The van der Waals surface area contributed by atoms with Gasteiger partial charge in [0.25, 0.3) is 0 Å². The van der Waals surface area contributed by atoms with Crippen molar-refractivity contribution in [1.82, 2.24) is 30.0 Å². The molecule has 1 saturated heterocycles. The predicted molar refractivity (Wildman–Crippen MR) is 137 cm³/mol. The summed E-state index contributed by atoms with van der Waals surface area (Å²) in [6.45, 7) is 5.66. The fourth-order valence-corrected chi connectivity index (χ4v) is 4.50. The van der Waals surface area contributed by atoms with Crippen LogP contribution in [0.15, 0.2) is 73.2 Å². The fourth-order valence-electron chi connectivity index (χ4n) is 4.50. The average molecular weight is 466 g/mol. The minimum absolute atomic E-state index is 0.427. The Kier molecular flexibility index (Phi) is 5.73. The first-order chi connectivity index (χ1) is 17.2. The van der Waals surface area contributed by atoms with E-state index in [0.29, 0.717) is 11.9 Å². The van der Waals surface area contributed by atoms with Crippen LogP contribution in [-0.4, -0.2) is 55.8 Å². The van der Waals surface area contributed by atoms with E-state index >= 15 is 0 Å². The maximum absolute atomic E-state index is 5.57. The van der Waals surface area contributed by atoms with Crippen LogP contribution in [0.4, 0.5) is 11.5 Å². The van der Waals surface area contributed by atoms with E-state index in [-0.39, 0.29) is 0 Å². The average Bonchev–Trinajstić information content (AvgIpc) is 3.56. The number of hydrogen-bond acceptors (Lipinski definition) is 6. The minimum atomic E-state index is 0.427. The number of anilines is 2. The van der Waals surface area contributed by atoms with E-state index in [0.717, 1.165) is 60.0 Å². The Morgan fingerprint density at radius 2 is 1.94 bits per heavy atom. The molecule has 2 aromatic carbocycles. The van der Waals surface area contributed by atoms with Crippen molar-refractivity contribution in [2.75, 3.05) is 25.1 Å². The van der Waals surface area contributed by atoms with Gasteiger partial charge in [-0.15, -0.1) is 0 Å². The van der Waals surface area contributed by atoms with Crippen LogP contribution in [0.25, 0.3) is 33.4 Å². The van der Waals surface area contributed by atoms with Crippen LogP contribution < -0.4 is 5.32 Å². The van der Waals surface area contributed by atoms with Crippen LogP contribution in [0, 0.1) is 0 Å². The van der Waals surface area contributed by atoms with Crippen molar-refractivity contribution in [3.63, 3.8) is 0 Å². The summed E-state index contributed by atoms with van der Waals surface area (Å²) in [7, 11) is 0. The first-order valence-electron chi connectivity index (χ1n) is 11.8. The van der Waals surface area contributed by atoms with Gasteiger partial charge in [0, 0.05) is 59.5 Å². The third-order valence-electron chi connectivity index (χ3n) is 6.46. The molecule has 3 aromatic heterocycles. The molecule has 1 aliphatic heterocycles. The van der Waals surface area contributed by atoms with Crippen molar-refractivity contribution in [2.45, 2.75) is 19.5 Å². The highest BCUT2D eigenvalue weighted by atomic mass is 16.5. The van der Waals surface area contributed by atoms with Crippen molar-refractivity contribution < 1.29 is 4.74 Å². The molecule has 0 amide bonds. The largest absolute Gasteiger partial charge is 0.379 e. The molecule has 0 radical (unpaired) electrons. The second-order valence-electron chi connectivity index (χ2n) is 8.95. The van der Waals surface area contributed by atoms with E-state index in [2.05, 4.69) is 73.7 Å². The molecule has 8 heteroatoms. The maximum atomic E-state index is 5.57. The van der Waals surface area contributed by atoms with Crippen molar-refractivity contribution in [3.05, 3.63) is 78.9 Å². The predicted octanol–water partition coefficient (Wildman–Crippen LogP) is 4.98. The van der Waals surface area contributed by atoms with E-state index in [1.165, 1.54) is 11.1 Å². The number of benzene rings is 2. The molecule has 5 aromatic rings. The number of rotatable bonds is 6. The zero-order valence-corrected chi connectivity index (χ0v) is 19.5. The molecular formula is C27H27N7O. The highest BCUT2D eigenvalue weighted by molar-refractivity contribution is 5.84. The summed E-state index contributed by atoms with van der Waals surface area (Å²) in [5.41, 5.74) is 6.40. The Hall–Kier alpha value is -4.01. The smallest absolute Gasteiger partial charge is 0.161 e. The van der Waals surface area contributed by atoms with Crippen LogP contribution in [-0.2, 0) is 11.3 Å². The molecule has 6 rings (SSSR count). The molecule has 1 aliphatic rings. The summed E-state index contributed by atoms with van der Waals surface area (Å²) >= 11 is 0. The zero-order chi connectivity index (χ0) is 23.6. The lowest BCUT2D eigenvalue weighted by Crippen LogP contribution is -2.42. The summed E-state index contributed by atoms with van der Waals surface area (Å²) in [6, 6.07) is 19.1. The van der Waals surface area contributed by atoms with Gasteiger partial charge < -0.3 is 15.0 Å². The highest BCUT2D eigenvalue weighted by Crippen LogP contribution is 2.26. The Bertz CT molecular complexity index is 1430. The van der Waals surface area contributed by atoms with Gasteiger partial charge in [-0.3, -0.25) is 10.00 Å². The number of morpholine rings is 1. The molecule has 4 heterocycles. The lowest BCUT2D eigenvalue weighted by molar-refractivity contribution is -0.00481. The van der Waals surface area contributed by atoms with Crippen LogP contribution in [0.3, 0.4) is 0 Å². The number of aromatic nitrogens is 5. The SMILES string of the molecule is CC1COCCN1Cc1cc2ccc(-c3nccc(Nc4ccc(-c5cn[nH]c5)cc4)n3)cc2[nH]1. The number of H-pyrrole nitrogens is 2. The standard InChI is InChI=1S/C27H27N7O/c1-18-17-35-11-10-34(18)16-24-12-20-2-3-21(13-25(20)31-24)27-28-9-8-26(33-27)32-23-6-4-19(5-7-23)22-14-29-30-15-22/h2-9,12-15,18,31H,10-11,16-17H2,1H3,(H,29,30)(H,28,32,33). The Morgan fingerprint density at radius 3 is 2.77 bits per heavy atom. The van der Waals surface area contributed by atoms with Gasteiger partial charge in [0.1, 0.15) is 5.82 Å². The number of aromatic amines is 2. The van der Waals surface area contributed by atoms with Crippen molar-refractivity contribution >= 4 is 22.4 Å². The summed E-state index contributed by atoms with van der Waals surface area (Å²) in [6.07, 6.45) is 5.48. The van der Waals surface area contributed by atoms with Crippen LogP contribution in [0.5, 0.6) is 0 Å². The number of nitrogens with one attached hydrogen (secondary N) is 3. The minimum Gasteiger partial charge on any atom is -0.379 e. The first-order valence-corrected chi connectivity index (χ1v) is 11.8. The molecule has 8 nitrogen and oxygen atoms in total. The summed E-state index contributed by atoms with van der Waals surface area (Å²) in [4.78, 5) is 15.3. The van der Waals surface area contributed by atoms with Gasteiger partial charge >= 0.3 is 0 Å². The van der Waals surface area contributed by atoms with E-state index in [1.54, 1.807) is 6.20 Å². The molecule has 0 aliphatic carbocycles. The molecule has 1 atom stereocenters. The summed E-state index contributed by atoms with van der Waals surface area (Å²) in [5.74, 6) is 1.43. The molecule has 35 heavy (non-hydrogen) atoms. The van der Waals surface area contributed by atoms with Gasteiger partial charge in [-0.05, 0) is 48.2 Å². The van der Waals surface area contributed by atoms with E-state index in [1.807, 2.05) is 30.6 Å². The zero-order valence-electron chi connectivity index (χ0n) is 19.5. The highest BCUT2D eigenvalue weighted by Gasteiger charge is 2.19. The maximum Gasteiger partial charge on any atom is 0.161 e. The summed E-state index contributed by atoms with van der Waals surface area (Å²) in [5, 5.41) is 11.4. The van der Waals surface area contributed by atoms with Gasteiger partial charge in [0.05, 0.1) is 19.4 Å². The van der Waals surface area contributed by atoms with Crippen molar-refractivity contribution in [3.8, 4) is 22.5 Å². The molecule has 0 bridgehead atoms. The second-order valence-corrected chi connectivity index (χ2v) is 8.95. The third-order valence-corrected chi connectivity index (χ3v) is 6.46. The van der Waals surface area contributed by atoms with Gasteiger partial charge in [0.2, 0.25) is 0 Å². The second kappa shape index (κ2) is 9.32. The van der Waals surface area contributed by atoms with Crippen LogP contribution in [0.2, 0.25) is 0 Å².